The van der Waals surface area contributed by atoms with Gasteiger partial charge in [0.15, 0.2) is 5.76 Å². The number of ether oxygens (including phenoxy) is 1. The Bertz CT molecular complexity index is 793. The Morgan fingerprint density at radius 3 is 2.61 bits per heavy atom. The number of hydrogen-bond acceptors (Lipinski definition) is 3. The van der Waals surface area contributed by atoms with Gasteiger partial charge in [-0.2, -0.15) is 0 Å². The van der Waals surface area contributed by atoms with Crippen LogP contribution in [0.4, 0.5) is 0 Å². The lowest BCUT2D eigenvalue weighted by molar-refractivity contribution is 0.0925. The summed E-state index contributed by atoms with van der Waals surface area (Å²) in [5, 5.41) is 3.85. The molecule has 0 atom stereocenters. The first-order valence-electron chi connectivity index (χ1n) is 7.70. The van der Waals surface area contributed by atoms with Crippen molar-refractivity contribution in [2.24, 2.45) is 0 Å². The molecule has 118 valence electrons. The van der Waals surface area contributed by atoms with Crippen LogP contribution in [0.15, 0.2) is 59.0 Å². The van der Waals surface area contributed by atoms with Crippen molar-refractivity contribution < 1.29 is 13.9 Å². The zero-order valence-corrected chi connectivity index (χ0v) is 13.0. The molecule has 0 radical (unpaired) electrons. The minimum atomic E-state index is -0.182. The fourth-order valence-corrected chi connectivity index (χ4v) is 2.45. The van der Waals surface area contributed by atoms with Crippen molar-refractivity contribution >= 4 is 16.9 Å². The zero-order chi connectivity index (χ0) is 16.1. The van der Waals surface area contributed by atoms with E-state index in [1.807, 2.05) is 61.5 Å². The van der Waals surface area contributed by atoms with Gasteiger partial charge in [-0.05, 0) is 31.5 Å². The van der Waals surface area contributed by atoms with E-state index in [2.05, 4.69) is 5.32 Å². The molecule has 0 spiro atoms. The summed E-state index contributed by atoms with van der Waals surface area (Å²) >= 11 is 0. The maximum absolute atomic E-state index is 12.2. The Morgan fingerprint density at radius 2 is 1.83 bits per heavy atom. The van der Waals surface area contributed by atoms with Gasteiger partial charge in [0.05, 0.1) is 6.61 Å². The lowest BCUT2D eigenvalue weighted by atomic mass is 10.1. The Kier molecular flexibility index (Phi) is 4.62. The van der Waals surface area contributed by atoms with Gasteiger partial charge >= 0.3 is 0 Å². The summed E-state index contributed by atoms with van der Waals surface area (Å²) in [7, 11) is 0. The molecule has 0 aliphatic rings. The number of nitrogens with one attached hydrogen (secondary N) is 1. The molecule has 0 aliphatic carbocycles. The van der Waals surface area contributed by atoms with Crippen molar-refractivity contribution in [3.8, 4) is 5.75 Å². The van der Waals surface area contributed by atoms with Crippen molar-refractivity contribution in [3.05, 3.63) is 65.9 Å². The minimum absolute atomic E-state index is 0.182. The molecular formula is C19H19NO3. The highest BCUT2D eigenvalue weighted by Crippen LogP contribution is 2.24. The van der Waals surface area contributed by atoms with E-state index in [9.17, 15) is 4.79 Å². The summed E-state index contributed by atoms with van der Waals surface area (Å²) in [6.07, 6.45) is 0.736. The molecule has 3 aromatic rings. The van der Waals surface area contributed by atoms with Gasteiger partial charge in [0.25, 0.3) is 5.91 Å². The SMILES string of the molecule is Cc1c(C(=O)NCCCOc2ccccc2)oc2ccccc12. The Labute approximate surface area is 135 Å². The summed E-state index contributed by atoms with van der Waals surface area (Å²) in [6, 6.07) is 17.3. The van der Waals surface area contributed by atoms with Gasteiger partial charge in [0.1, 0.15) is 11.3 Å². The van der Waals surface area contributed by atoms with Gasteiger partial charge < -0.3 is 14.5 Å². The van der Waals surface area contributed by atoms with Crippen molar-refractivity contribution in [2.75, 3.05) is 13.2 Å². The lowest BCUT2D eigenvalue weighted by Gasteiger charge is -2.06. The highest BCUT2D eigenvalue weighted by Gasteiger charge is 2.16. The van der Waals surface area contributed by atoms with E-state index < -0.39 is 0 Å². The molecule has 0 saturated carbocycles. The number of benzene rings is 2. The van der Waals surface area contributed by atoms with Crippen LogP contribution >= 0.6 is 0 Å². The number of hydrogen-bond donors (Lipinski definition) is 1. The maximum Gasteiger partial charge on any atom is 0.287 e. The molecule has 2 aromatic carbocycles. The highest BCUT2D eigenvalue weighted by atomic mass is 16.5. The quantitative estimate of drug-likeness (QED) is 0.702. The smallest absolute Gasteiger partial charge is 0.287 e. The van der Waals surface area contributed by atoms with Crippen LogP contribution in [-0.2, 0) is 0 Å². The van der Waals surface area contributed by atoms with Crippen molar-refractivity contribution in [2.45, 2.75) is 13.3 Å². The summed E-state index contributed by atoms with van der Waals surface area (Å²) in [5.74, 6) is 1.04. The number of furan rings is 1. The van der Waals surface area contributed by atoms with Crippen LogP contribution in [0, 0.1) is 6.92 Å². The van der Waals surface area contributed by atoms with Crippen LogP contribution in [-0.4, -0.2) is 19.1 Å². The van der Waals surface area contributed by atoms with Crippen LogP contribution in [0.3, 0.4) is 0 Å². The van der Waals surface area contributed by atoms with E-state index >= 15 is 0 Å². The fourth-order valence-electron chi connectivity index (χ4n) is 2.45. The Balaban J connectivity index is 1.50. The molecule has 0 aliphatic heterocycles. The van der Waals surface area contributed by atoms with Crippen LogP contribution in [0.5, 0.6) is 5.75 Å². The van der Waals surface area contributed by atoms with Gasteiger partial charge in [0.2, 0.25) is 0 Å². The summed E-state index contributed by atoms with van der Waals surface area (Å²) in [4.78, 5) is 12.2. The second kappa shape index (κ2) is 7.01. The first-order chi connectivity index (χ1) is 11.3. The average molecular weight is 309 g/mol. The maximum atomic E-state index is 12.2. The molecule has 3 rings (SSSR count). The molecule has 0 saturated heterocycles. The molecule has 23 heavy (non-hydrogen) atoms. The average Bonchev–Trinajstić information content (AvgIpc) is 2.93. The van der Waals surface area contributed by atoms with Gasteiger partial charge in [-0.3, -0.25) is 4.79 Å². The zero-order valence-electron chi connectivity index (χ0n) is 13.0. The molecule has 0 bridgehead atoms. The number of rotatable bonds is 6. The van der Waals surface area contributed by atoms with E-state index in [-0.39, 0.29) is 5.91 Å². The van der Waals surface area contributed by atoms with Crippen LogP contribution in [0.2, 0.25) is 0 Å². The third-order valence-corrected chi connectivity index (χ3v) is 3.67. The molecule has 4 heteroatoms. The predicted molar refractivity (Wildman–Crippen MR) is 89.8 cm³/mol. The van der Waals surface area contributed by atoms with Crippen LogP contribution in [0.25, 0.3) is 11.0 Å². The minimum Gasteiger partial charge on any atom is -0.494 e. The van der Waals surface area contributed by atoms with E-state index in [4.69, 9.17) is 9.15 Å². The van der Waals surface area contributed by atoms with Crippen molar-refractivity contribution in [1.29, 1.82) is 0 Å². The van der Waals surface area contributed by atoms with Crippen molar-refractivity contribution in [3.63, 3.8) is 0 Å². The van der Waals surface area contributed by atoms with E-state index in [0.29, 0.717) is 18.9 Å². The number of fused-ring (bicyclic) bond motifs is 1. The molecule has 0 fully saturated rings. The van der Waals surface area contributed by atoms with Crippen LogP contribution in [0.1, 0.15) is 22.5 Å². The number of carbonyl (C=O) groups excluding carboxylic acids is 1. The topological polar surface area (TPSA) is 51.5 Å². The van der Waals surface area contributed by atoms with E-state index in [1.165, 1.54) is 0 Å². The van der Waals surface area contributed by atoms with Crippen molar-refractivity contribution in [1.82, 2.24) is 5.32 Å². The normalized spacial score (nSPS) is 10.7. The number of carbonyl (C=O) groups is 1. The van der Waals surface area contributed by atoms with E-state index in [0.717, 1.165) is 28.7 Å². The second-order valence-corrected chi connectivity index (χ2v) is 5.32. The third kappa shape index (κ3) is 3.54. The molecule has 0 unspecified atom stereocenters. The first-order valence-corrected chi connectivity index (χ1v) is 7.70. The Hall–Kier alpha value is -2.75. The molecular weight excluding hydrogens is 290 g/mol. The largest absolute Gasteiger partial charge is 0.494 e. The number of para-hydroxylation sites is 2. The molecule has 1 heterocycles. The third-order valence-electron chi connectivity index (χ3n) is 3.67. The summed E-state index contributed by atoms with van der Waals surface area (Å²) < 4.78 is 11.2. The van der Waals surface area contributed by atoms with Gasteiger partial charge in [-0.25, -0.2) is 0 Å². The second-order valence-electron chi connectivity index (χ2n) is 5.32. The summed E-state index contributed by atoms with van der Waals surface area (Å²) in [6.45, 7) is 3.00. The van der Waals surface area contributed by atoms with Gasteiger partial charge in [-0.1, -0.05) is 36.4 Å². The first kappa shape index (κ1) is 15.2. The highest BCUT2D eigenvalue weighted by molar-refractivity contribution is 5.98. The number of aryl methyl sites for hydroxylation is 1. The monoisotopic (exact) mass is 309 g/mol. The number of amides is 1. The Morgan fingerprint density at radius 1 is 1.09 bits per heavy atom. The molecule has 1 aromatic heterocycles. The van der Waals surface area contributed by atoms with Gasteiger partial charge in [0, 0.05) is 17.5 Å². The van der Waals surface area contributed by atoms with Gasteiger partial charge in [-0.15, -0.1) is 0 Å². The fraction of sp³-hybridized carbons (Fsp3) is 0.211. The molecule has 1 N–H and O–H groups in total. The molecule has 4 nitrogen and oxygen atoms in total. The van der Waals surface area contributed by atoms with E-state index in [1.54, 1.807) is 0 Å². The van der Waals surface area contributed by atoms with Crippen LogP contribution < -0.4 is 10.1 Å². The predicted octanol–water partition coefficient (Wildman–Crippen LogP) is 3.94. The standard InChI is InChI=1S/C19H19NO3/c1-14-16-10-5-6-11-17(16)23-18(14)19(21)20-12-7-13-22-15-8-3-2-4-9-15/h2-6,8-11H,7,12-13H2,1H3,(H,20,21). The summed E-state index contributed by atoms with van der Waals surface area (Å²) in [5.41, 5.74) is 1.61. The lowest BCUT2D eigenvalue weighted by Crippen LogP contribution is -2.25. The molecule has 1 amide bonds.